The Morgan fingerprint density at radius 2 is 1.58 bits per heavy atom. The van der Waals surface area contributed by atoms with Gasteiger partial charge in [0.1, 0.15) is 0 Å². The van der Waals surface area contributed by atoms with Crippen molar-refractivity contribution in [3.05, 3.63) is 82.9 Å². The number of anilines is 2. The van der Waals surface area contributed by atoms with Crippen molar-refractivity contribution in [2.45, 2.75) is 13.3 Å². The van der Waals surface area contributed by atoms with Crippen LogP contribution in [0.5, 0.6) is 11.5 Å². The molecule has 3 N–H and O–H groups in total. The van der Waals surface area contributed by atoms with E-state index in [1.807, 2.05) is 18.2 Å². The SMILES string of the molecule is COc1ccc(CCNC(=O)c2ccccc2NC(=O)c2ccc(NS(C)(=O)=O)c(C)c2)cc1OC. The predicted octanol–water partition coefficient (Wildman–Crippen LogP) is 3.61. The first-order chi connectivity index (χ1) is 17.1. The van der Waals surface area contributed by atoms with E-state index in [1.165, 1.54) is 12.1 Å². The van der Waals surface area contributed by atoms with Crippen molar-refractivity contribution in [2.75, 3.05) is 37.1 Å². The number of nitrogens with one attached hydrogen (secondary N) is 3. The molecule has 190 valence electrons. The van der Waals surface area contributed by atoms with Gasteiger partial charge in [-0.05, 0) is 66.9 Å². The second-order valence-electron chi connectivity index (χ2n) is 8.10. The Kier molecular flexibility index (Phi) is 8.55. The third-order valence-electron chi connectivity index (χ3n) is 5.35. The van der Waals surface area contributed by atoms with E-state index in [2.05, 4.69) is 15.4 Å². The number of ether oxygens (including phenoxy) is 2. The van der Waals surface area contributed by atoms with Crippen LogP contribution >= 0.6 is 0 Å². The molecule has 0 atom stereocenters. The normalized spacial score (nSPS) is 10.9. The van der Waals surface area contributed by atoms with Crippen molar-refractivity contribution in [3.63, 3.8) is 0 Å². The van der Waals surface area contributed by atoms with Gasteiger partial charge in [-0.15, -0.1) is 0 Å². The van der Waals surface area contributed by atoms with Gasteiger partial charge in [-0.25, -0.2) is 8.42 Å². The Hall–Kier alpha value is -4.05. The second kappa shape index (κ2) is 11.6. The highest BCUT2D eigenvalue weighted by atomic mass is 32.2. The summed E-state index contributed by atoms with van der Waals surface area (Å²) in [5.74, 6) is 0.501. The van der Waals surface area contributed by atoms with Crippen molar-refractivity contribution >= 4 is 33.2 Å². The van der Waals surface area contributed by atoms with E-state index in [0.29, 0.717) is 52.5 Å². The van der Waals surface area contributed by atoms with Crippen LogP contribution in [0.15, 0.2) is 60.7 Å². The molecule has 3 rings (SSSR count). The largest absolute Gasteiger partial charge is 0.493 e. The third kappa shape index (κ3) is 6.98. The Labute approximate surface area is 210 Å². The molecule has 0 bridgehead atoms. The van der Waals surface area contributed by atoms with Crippen LogP contribution in [0, 0.1) is 6.92 Å². The summed E-state index contributed by atoms with van der Waals surface area (Å²) in [4.78, 5) is 25.7. The molecule has 3 aromatic rings. The molecular formula is C26H29N3O6S. The molecule has 0 aliphatic rings. The van der Waals surface area contributed by atoms with Crippen LogP contribution < -0.4 is 24.8 Å². The zero-order valence-corrected chi connectivity index (χ0v) is 21.4. The lowest BCUT2D eigenvalue weighted by Crippen LogP contribution is -2.27. The minimum Gasteiger partial charge on any atom is -0.493 e. The van der Waals surface area contributed by atoms with Gasteiger partial charge in [-0.1, -0.05) is 18.2 Å². The number of sulfonamides is 1. The summed E-state index contributed by atoms with van der Waals surface area (Å²) >= 11 is 0. The van der Waals surface area contributed by atoms with Gasteiger partial charge in [-0.2, -0.15) is 0 Å². The first-order valence-electron chi connectivity index (χ1n) is 11.1. The lowest BCUT2D eigenvalue weighted by Gasteiger charge is -2.13. The molecule has 36 heavy (non-hydrogen) atoms. The Morgan fingerprint density at radius 1 is 0.861 bits per heavy atom. The van der Waals surface area contributed by atoms with E-state index in [0.717, 1.165) is 11.8 Å². The number of carbonyl (C=O) groups excluding carboxylic acids is 2. The first kappa shape index (κ1) is 26.6. The van der Waals surface area contributed by atoms with E-state index < -0.39 is 15.9 Å². The molecule has 9 nitrogen and oxygen atoms in total. The molecule has 0 heterocycles. The maximum absolute atomic E-state index is 12.9. The minimum atomic E-state index is -3.44. The van der Waals surface area contributed by atoms with Crippen molar-refractivity contribution in [3.8, 4) is 11.5 Å². The zero-order valence-electron chi connectivity index (χ0n) is 20.5. The third-order valence-corrected chi connectivity index (χ3v) is 5.94. The highest BCUT2D eigenvalue weighted by Gasteiger charge is 2.15. The molecule has 0 unspecified atom stereocenters. The van der Waals surface area contributed by atoms with Gasteiger partial charge in [0.05, 0.1) is 37.4 Å². The van der Waals surface area contributed by atoms with Crippen molar-refractivity contribution in [1.82, 2.24) is 5.32 Å². The molecule has 0 saturated carbocycles. The van der Waals surface area contributed by atoms with Gasteiger partial charge < -0.3 is 20.1 Å². The smallest absolute Gasteiger partial charge is 0.255 e. The molecule has 0 aromatic heterocycles. The lowest BCUT2D eigenvalue weighted by molar-refractivity contribution is 0.0955. The standard InChI is InChI=1S/C26H29N3O6S/c1-17-15-19(10-11-21(17)29-36(4,32)33)25(30)28-22-8-6-5-7-20(22)26(31)27-14-13-18-9-12-23(34-2)24(16-18)35-3/h5-12,15-16,29H,13-14H2,1-4H3,(H,27,31)(H,28,30). The van der Waals surface area contributed by atoms with Gasteiger partial charge >= 0.3 is 0 Å². The Balaban J connectivity index is 1.66. The lowest BCUT2D eigenvalue weighted by atomic mass is 10.1. The number of aryl methyl sites for hydroxylation is 1. The highest BCUT2D eigenvalue weighted by Crippen LogP contribution is 2.27. The van der Waals surface area contributed by atoms with Gasteiger partial charge in [0.25, 0.3) is 11.8 Å². The molecule has 3 aromatic carbocycles. The van der Waals surface area contributed by atoms with Crippen molar-refractivity contribution < 1.29 is 27.5 Å². The molecular weight excluding hydrogens is 482 g/mol. The average molecular weight is 512 g/mol. The Bertz CT molecular complexity index is 1370. The van der Waals surface area contributed by atoms with Gasteiger partial charge in [0.15, 0.2) is 11.5 Å². The van der Waals surface area contributed by atoms with Gasteiger partial charge in [0, 0.05) is 12.1 Å². The quantitative estimate of drug-likeness (QED) is 0.382. The van der Waals surface area contributed by atoms with Crippen LogP contribution in [0.1, 0.15) is 31.8 Å². The van der Waals surface area contributed by atoms with Crippen LogP contribution in [0.4, 0.5) is 11.4 Å². The number of hydrogen-bond acceptors (Lipinski definition) is 6. The fraction of sp³-hybridized carbons (Fsp3) is 0.231. The molecule has 0 aliphatic carbocycles. The molecule has 10 heteroatoms. The van der Waals surface area contributed by atoms with Crippen molar-refractivity contribution in [1.29, 1.82) is 0 Å². The predicted molar refractivity (Wildman–Crippen MR) is 140 cm³/mol. The number of benzene rings is 3. The molecule has 0 radical (unpaired) electrons. The summed E-state index contributed by atoms with van der Waals surface area (Å²) < 4.78 is 35.9. The summed E-state index contributed by atoms with van der Waals surface area (Å²) in [7, 11) is -0.300. The summed E-state index contributed by atoms with van der Waals surface area (Å²) in [6, 6.07) is 16.9. The van der Waals surface area contributed by atoms with Gasteiger partial charge in [-0.3, -0.25) is 14.3 Å². The monoisotopic (exact) mass is 511 g/mol. The second-order valence-corrected chi connectivity index (χ2v) is 9.85. The van der Waals surface area contributed by atoms with E-state index in [9.17, 15) is 18.0 Å². The summed E-state index contributed by atoms with van der Waals surface area (Å²) in [5.41, 5.74) is 2.97. The van der Waals surface area contributed by atoms with E-state index in [4.69, 9.17) is 9.47 Å². The Morgan fingerprint density at radius 3 is 2.25 bits per heavy atom. The number of rotatable bonds is 10. The number of amides is 2. The summed E-state index contributed by atoms with van der Waals surface area (Å²) in [6.45, 7) is 2.08. The number of hydrogen-bond donors (Lipinski definition) is 3. The van der Waals surface area contributed by atoms with Crippen LogP contribution in [-0.4, -0.2) is 47.3 Å². The fourth-order valence-electron chi connectivity index (χ4n) is 3.56. The summed E-state index contributed by atoms with van der Waals surface area (Å²) in [6.07, 6.45) is 1.64. The first-order valence-corrected chi connectivity index (χ1v) is 13.0. The van der Waals surface area contributed by atoms with E-state index >= 15 is 0 Å². The van der Waals surface area contributed by atoms with Crippen LogP contribution in [0.2, 0.25) is 0 Å². The van der Waals surface area contributed by atoms with Crippen molar-refractivity contribution in [2.24, 2.45) is 0 Å². The maximum Gasteiger partial charge on any atom is 0.255 e. The number of para-hydroxylation sites is 1. The average Bonchev–Trinajstić information content (AvgIpc) is 2.84. The fourth-order valence-corrected chi connectivity index (χ4v) is 4.18. The molecule has 0 fully saturated rings. The molecule has 0 aliphatic heterocycles. The molecule has 0 saturated heterocycles. The number of methoxy groups -OCH3 is 2. The number of carbonyl (C=O) groups is 2. The minimum absolute atomic E-state index is 0.324. The van der Waals surface area contributed by atoms with E-state index in [1.54, 1.807) is 51.5 Å². The van der Waals surface area contributed by atoms with Gasteiger partial charge in [0.2, 0.25) is 10.0 Å². The van der Waals surface area contributed by atoms with Crippen LogP contribution in [0.3, 0.4) is 0 Å². The highest BCUT2D eigenvalue weighted by molar-refractivity contribution is 7.92. The van der Waals surface area contributed by atoms with Crippen LogP contribution in [0.25, 0.3) is 0 Å². The maximum atomic E-state index is 12.9. The van der Waals surface area contributed by atoms with E-state index in [-0.39, 0.29) is 5.91 Å². The van der Waals surface area contributed by atoms with Crippen LogP contribution in [-0.2, 0) is 16.4 Å². The topological polar surface area (TPSA) is 123 Å². The molecule has 0 spiro atoms. The zero-order chi connectivity index (χ0) is 26.3. The summed E-state index contributed by atoms with van der Waals surface area (Å²) in [5, 5.41) is 5.65. The molecule has 2 amide bonds.